The second-order valence-corrected chi connectivity index (χ2v) is 8.13. The van der Waals surface area contributed by atoms with Crippen molar-refractivity contribution in [2.75, 3.05) is 26.7 Å². The molecular weight excluding hydrogens is 390 g/mol. The standard InChI is InChI=1S/C24H29N5O2/c1-18-22(15-27-28(18)3)16-29-10-11-31-24(17-29,23(30)25-2)13-19-6-4-7-20(12-19)21-8-5-9-26-14-21/h4-9,12,14-15H,10-11,13,16-17H2,1-3H3,(H,25,30). The molecule has 31 heavy (non-hydrogen) atoms. The van der Waals surface area contributed by atoms with E-state index in [4.69, 9.17) is 4.74 Å². The van der Waals surface area contributed by atoms with Crippen LogP contribution in [0.1, 0.15) is 16.8 Å². The van der Waals surface area contributed by atoms with Gasteiger partial charge in [0.2, 0.25) is 0 Å². The average Bonchev–Trinajstić information content (AvgIpc) is 3.11. The van der Waals surface area contributed by atoms with Crippen molar-refractivity contribution >= 4 is 5.91 Å². The minimum absolute atomic E-state index is 0.0908. The second kappa shape index (κ2) is 8.99. The fourth-order valence-electron chi connectivity index (χ4n) is 4.21. The Morgan fingerprint density at radius 1 is 1.23 bits per heavy atom. The van der Waals surface area contributed by atoms with Gasteiger partial charge in [0, 0.05) is 63.8 Å². The number of aryl methyl sites for hydroxylation is 1. The molecule has 2 aromatic heterocycles. The van der Waals surface area contributed by atoms with E-state index in [0.717, 1.165) is 35.5 Å². The number of likely N-dealkylation sites (N-methyl/N-ethyl adjacent to an activating group) is 1. The zero-order valence-electron chi connectivity index (χ0n) is 18.3. The summed E-state index contributed by atoms with van der Waals surface area (Å²) in [7, 11) is 3.62. The van der Waals surface area contributed by atoms with Crippen LogP contribution in [0.25, 0.3) is 11.1 Å². The molecule has 1 unspecified atom stereocenters. The quantitative estimate of drug-likeness (QED) is 0.664. The zero-order valence-corrected chi connectivity index (χ0v) is 18.3. The molecule has 1 fully saturated rings. The summed E-state index contributed by atoms with van der Waals surface area (Å²) in [4.78, 5) is 19.5. The number of hydrogen-bond donors (Lipinski definition) is 1. The first kappa shape index (κ1) is 21.2. The van der Waals surface area contributed by atoms with Crippen LogP contribution in [0.3, 0.4) is 0 Å². The molecule has 1 N–H and O–H groups in total. The highest BCUT2D eigenvalue weighted by molar-refractivity contribution is 5.86. The Balaban J connectivity index is 1.58. The highest BCUT2D eigenvalue weighted by Gasteiger charge is 2.43. The summed E-state index contributed by atoms with van der Waals surface area (Å²) < 4.78 is 8.06. The summed E-state index contributed by atoms with van der Waals surface area (Å²) in [5.74, 6) is -0.0908. The first-order chi connectivity index (χ1) is 15.0. The lowest BCUT2D eigenvalue weighted by Gasteiger charge is -2.41. The molecule has 0 saturated carbocycles. The minimum Gasteiger partial charge on any atom is -0.362 e. The predicted octanol–water partition coefficient (Wildman–Crippen LogP) is 2.35. The molecule has 0 bridgehead atoms. The number of benzene rings is 1. The number of nitrogens with one attached hydrogen (secondary N) is 1. The second-order valence-electron chi connectivity index (χ2n) is 8.13. The average molecular weight is 420 g/mol. The van der Waals surface area contributed by atoms with Crippen molar-refractivity contribution in [3.05, 3.63) is 71.8 Å². The number of ether oxygens (including phenoxy) is 1. The Labute approximate surface area is 183 Å². The summed E-state index contributed by atoms with van der Waals surface area (Å²) in [5, 5.41) is 7.17. The Hall–Kier alpha value is -3.03. The largest absolute Gasteiger partial charge is 0.362 e. The van der Waals surface area contributed by atoms with E-state index in [0.29, 0.717) is 19.6 Å². The van der Waals surface area contributed by atoms with Gasteiger partial charge in [-0.1, -0.05) is 30.3 Å². The van der Waals surface area contributed by atoms with Gasteiger partial charge >= 0.3 is 0 Å². The SMILES string of the molecule is CNC(=O)C1(Cc2cccc(-c3cccnc3)c2)CN(Cc2cnn(C)c2C)CCO1. The molecule has 0 radical (unpaired) electrons. The van der Waals surface area contributed by atoms with E-state index in [-0.39, 0.29) is 5.91 Å². The van der Waals surface area contributed by atoms with Crippen molar-refractivity contribution in [2.45, 2.75) is 25.5 Å². The third-order valence-electron chi connectivity index (χ3n) is 6.05. The van der Waals surface area contributed by atoms with Gasteiger partial charge in [-0.05, 0) is 29.7 Å². The molecule has 1 aliphatic heterocycles. The number of morpholine rings is 1. The Kier molecular flexibility index (Phi) is 6.15. The summed E-state index contributed by atoms with van der Waals surface area (Å²) in [6, 6.07) is 12.2. The number of carbonyl (C=O) groups excluding carboxylic acids is 1. The highest BCUT2D eigenvalue weighted by Crippen LogP contribution is 2.27. The minimum atomic E-state index is -0.934. The van der Waals surface area contributed by atoms with Gasteiger partial charge in [0.05, 0.1) is 12.8 Å². The Morgan fingerprint density at radius 2 is 2.06 bits per heavy atom. The lowest BCUT2D eigenvalue weighted by molar-refractivity contribution is -0.160. The van der Waals surface area contributed by atoms with Gasteiger partial charge in [0.1, 0.15) is 0 Å². The van der Waals surface area contributed by atoms with Gasteiger partial charge in [-0.15, -0.1) is 0 Å². The lowest BCUT2D eigenvalue weighted by Crippen LogP contribution is -2.60. The van der Waals surface area contributed by atoms with Gasteiger partial charge < -0.3 is 10.1 Å². The van der Waals surface area contributed by atoms with E-state index in [9.17, 15) is 4.79 Å². The van der Waals surface area contributed by atoms with Crippen LogP contribution in [-0.4, -0.2) is 57.9 Å². The van der Waals surface area contributed by atoms with Crippen LogP contribution in [0.15, 0.2) is 55.0 Å². The van der Waals surface area contributed by atoms with Crippen LogP contribution < -0.4 is 5.32 Å². The molecule has 0 aliphatic carbocycles. The van der Waals surface area contributed by atoms with Gasteiger partial charge in [0.15, 0.2) is 5.60 Å². The molecular formula is C24H29N5O2. The number of pyridine rings is 1. The number of amides is 1. The molecule has 1 atom stereocenters. The molecule has 4 rings (SSSR count). The summed E-state index contributed by atoms with van der Waals surface area (Å²) in [6.07, 6.45) is 6.03. The molecule has 0 spiro atoms. The van der Waals surface area contributed by atoms with Crippen LogP contribution >= 0.6 is 0 Å². The van der Waals surface area contributed by atoms with Crippen molar-refractivity contribution in [3.63, 3.8) is 0 Å². The fraction of sp³-hybridized carbons (Fsp3) is 0.375. The van der Waals surface area contributed by atoms with Gasteiger partial charge in [-0.3, -0.25) is 19.4 Å². The molecule has 7 nitrogen and oxygen atoms in total. The maximum atomic E-state index is 13.0. The lowest BCUT2D eigenvalue weighted by atomic mass is 9.90. The van der Waals surface area contributed by atoms with E-state index >= 15 is 0 Å². The van der Waals surface area contributed by atoms with Crippen LogP contribution in [0, 0.1) is 6.92 Å². The van der Waals surface area contributed by atoms with Crippen LogP contribution in [0.2, 0.25) is 0 Å². The van der Waals surface area contributed by atoms with E-state index < -0.39 is 5.60 Å². The number of rotatable bonds is 6. The topological polar surface area (TPSA) is 72.3 Å². The van der Waals surface area contributed by atoms with Crippen molar-refractivity contribution < 1.29 is 9.53 Å². The van der Waals surface area contributed by atoms with Crippen molar-refractivity contribution in [1.29, 1.82) is 0 Å². The van der Waals surface area contributed by atoms with Crippen LogP contribution in [0.5, 0.6) is 0 Å². The maximum Gasteiger partial charge on any atom is 0.253 e. The molecule has 3 aromatic rings. The maximum absolute atomic E-state index is 13.0. The first-order valence-corrected chi connectivity index (χ1v) is 10.6. The highest BCUT2D eigenvalue weighted by atomic mass is 16.5. The smallest absolute Gasteiger partial charge is 0.253 e. The fourth-order valence-corrected chi connectivity index (χ4v) is 4.21. The summed E-state index contributed by atoms with van der Waals surface area (Å²) in [6.45, 7) is 4.63. The summed E-state index contributed by atoms with van der Waals surface area (Å²) >= 11 is 0. The van der Waals surface area contributed by atoms with E-state index in [1.807, 2.05) is 42.3 Å². The molecule has 1 aliphatic rings. The van der Waals surface area contributed by atoms with Crippen LogP contribution in [0.4, 0.5) is 0 Å². The van der Waals surface area contributed by atoms with Crippen molar-refractivity contribution in [1.82, 2.24) is 25.0 Å². The van der Waals surface area contributed by atoms with Gasteiger partial charge in [0.25, 0.3) is 5.91 Å². The third-order valence-corrected chi connectivity index (χ3v) is 6.05. The molecule has 1 amide bonds. The monoisotopic (exact) mass is 419 g/mol. The van der Waals surface area contributed by atoms with E-state index in [1.165, 1.54) is 5.56 Å². The number of aromatic nitrogens is 3. The number of hydrogen-bond acceptors (Lipinski definition) is 5. The van der Waals surface area contributed by atoms with Gasteiger partial charge in [-0.2, -0.15) is 5.10 Å². The third kappa shape index (κ3) is 4.52. The molecule has 162 valence electrons. The van der Waals surface area contributed by atoms with Gasteiger partial charge in [-0.25, -0.2) is 0 Å². The molecule has 3 heterocycles. The number of carbonyl (C=O) groups is 1. The van der Waals surface area contributed by atoms with E-state index in [2.05, 4.69) is 45.4 Å². The molecule has 7 heteroatoms. The van der Waals surface area contributed by atoms with Crippen LogP contribution in [-0.2, 0) is 29.5 Å². The van der Waals surface area contributed by atoms with E-state index in [1.54, 1.807) is 13.2 Å². The Bertz CT molecular complexity index is 1050. The van der Waals surface area contributed by atoms with Crippen molar-refractivity contribution in [3.8, 4) is 11.1 Å². The molecule has 1 saturated heterocycles. The Morgan fingerprint density at radius 3 is 2.77 bits per heavy atom. The first-order valence-electron chi connectivity index (χ1n) is 10.6. The number of nitrogens with zero attached hydrogens (tertiary/aromatic N) is 4. The predicted molar refractivity (Wildman–Crippen MR) is 119 cm³/mol. The van der Waals surface area contributed by atoms with Crippen molar-refractivity contribution in [2.24, 2.45) is 7.05 Å². The zero-order chi connectivity index (χ0) is 21.8. The normalized spacial score (nSPS) is 19.3. The molecule has 1 aromatic carbocycles. The summed E-state index contributed by atoms with van der Waals surface area (Å²) in [5.41, 5.74) is 4.57.